The molecule has 8 rings (SSSR count). The van der Waals surface area contributed by atoms with E-state index in [1.165, 1.54) is 54.9 Å². The highest BCUT2D eigenvalue weighted by Gasteiger charge is 2.32. The number of fused-ring (bicyclic) bond motifs is 2. The zero-order chi connectivity index (χ0) is 44.3. The van der Waals surface area contributed by atoms with Gasteiger partial charge in [0.05, 0.1) is 18.2 Å². The van der Waals surface area contributed by atoms with Gasteiger partial charge in [-0.3, -0.25) is 14.5 Å². The van der Waals surface area contributed by atoms with Crippen molar-refractivity contribution in [2.24, 2.45) is 22.7 Å². The first kappa shape index (κ1) is 47.2. The van der Waals surface area contributed by atoms with Gasteiger partial charge in [-0.2, -0.15) is 0 Å². The molecule has 4 aromatic carbocycles. The highest BCUT2D eigenvalue weighted by molar-refractivity contribution is 5.89. The van der Waals surface area contributed by atoms with Crippen molar-refractivity contribution in [1.82, 2.24) is 10.2 Å². The second-order valence-electron chi connectivity index (χ2n) is 20.7. The summed E-state index contributed by atoms with van der Waals surface area (Å²) in [5.74, 6) is 2.81. The molecule has 0 amide bonds. The van der Waals surface area contributed by atoms with Gasteiger partial charge in [-0.25, -0.2) is 0 Å². The van der Waals surface area contributed by atoms with Crippen LogP contribution in [-0.4, -0.2) is 65.9 Å². The van der Waals surface area contributed by atoms with Crippen molar-refractivity contribution in [3.63, 3.8) is 0 Å². The minimum Gasteiger partial charge on any atom is -0.490 e. The molecule has 8 nitrogen and oxygen atoms in total. The maximum absolute atomic E-state index is 11.6. The minimum atomic E-state index is -0.696. The summed E-state index contributed by atoms with van der Waals surface area (Å²) in [5.41, 5.74) is 2.69. The van der Waals surface area contributed by atoms with Crippen LogP contribution in [0.2, 0.25) is 0 Å². The Morgan fingerprint density at radius 1 is 0.645 bits per heavy atom. The van der Waals surface area contributed by atoms with E-state index in [1.54, 1.807) is 0 Å². The summed E-state index contributed by atoms with van der Waals surface area (Å²) >= 11 is 0. The first-order valence-electron chi connectivity index (χ1n) is 23.7. The number of carboxylic acid groups (broad SMARTS) is 1. The van der Waals surface area contributed by atoms with Crippen molar-refractivity contribution >= 4 is 40.1 Å². The number of likely N-dealkylation sites (tertiary alicyclic amines) is 1. The molecular formula is C54H74N2O6. The van der Waals surface area contributed by atoms with Crippen molar-refractivity contribution in [3.8, 4) is 11.5 Å². The third kappa shape index (κ3) is 13.6. The molecule has 2 saturated carbocycles. The zero-order valence-corrected chi connectivity index (χ0v) is 38.5. The van der Waals surface area contributed by atoms with E-state index < -0.39 is 5.97 Å². The van der Waals surface area contributed by atoms with Gasteiger partial charge in [-0.15, -0.1) is 0 Å². The molecule has 2 aliphatic carbocycles. The van der Waals surface area contributed by atoms with Crippen LogP contribution in [0.5, 0.6) is 11.5 Å². The molecule has 0 radical (unpaired) electrons. The number of ether oxygens (including phenoxy) is 2. The number of carbonyl (C=O) groups is 3. The van der Waals surface area contributed by atoms with Gasteiger partial charge in [0.2, 0.25) is 0 Å². The fraction of sp³-hybridized carbons (Fsp3) is 0.574. The molecule has 8 heteroatoms. The lowest BCUT2D eigenvalue weighted by atomic mass is 9.72. The summed E-state index contributed by atoms with van der Waals surface area (Å²) < 4.78 is 12.6. The summed E-state index contributed by atoms with van der Waals surface area (Å²) in [5, 5.41) is 17.2. The van der Waals surface area contributed by atoms with Crippen molar-refractivity contribution < 1.29 is 29.0 Å². The van der Waals surface area contributed by atoms with E-state index in [4.69, 9.17) is 9.47 Å². The van der Waals surface area contributed by atoms with E-state index in [0.717, 1.165) is 111 Å². The van der Waals surface area contributed by atoms with Gasteiger partial charge >= 0.3 is 5.97 Å². The Bertz CT molecular complexity index is 2060. The zero-order valence-electron chi connectivity index (χ0n) is 38.5. The number of nitrogens with zero attached hydrogens (tertiary/aromatic N) is 1. The molecule has 0 bridgehead atoms. The van der Waals surface area contributed by atoms with Gasteiger partial charge in [0, 0.05) is 12.1 Å². The van der Waals surface area contributed by atoms with Crippen LogP contribution >= 0.6 is 0 Å². The van der Waals surface area contributed by atoms with Crippen LogP contribution in [0.25, 0.3) is 21.5 Å². The molecule has 2 heterocycles. The number of aldehydes is 2. The molecule has 2 aliphatic heterocycles. The minimum absolute atomic E-state index is 0.156. The largest absolute Gasteiger partial charge is 0.490 e. The van der Waals surface area contributed by atoms with E-state index in [-0.39, 0.29) is 12.1 Å². The maximum Gasteiger partial charge on any atom is 0.320 e. The van der Waals surface area contributed by atoms with Gasteiger partial charge in [-0.05, 0) is 176 Å². The lowest BCUT2D eigenvalue weighted by Crippen LogP contribution is -2.43. The molecule has 2 saturated heterocycles. The van der Waals surface area contributed by atoms with Gasteiger partial charge in [0.25, 0.3) is 0 Å². The Balaban J connectivity index is 0.000000181. The standard InChI is InChI=1S/C27H37NO3.C21H26O2.C6H11NO/c1-27(2,3)22-10-13-23(14-11-22)31-24-12-9-20-16-19(7-8-21(20)17-24)18-28-15-5-4-6-25(28)26(29)30;1-21(2,3)18-7-10-19(11-8-18)23-20-9-6-16-12-15(14-22)4-5-17(16)13-20;8-5-6-3-1-2-4-7-6/h7-9,12,16-17,22-23,25H,4-6,10-11,13-15,18H2,1-3H3,(H,29,30);4-6,9,12-14,18-19H,7-8,10-11H2,1-3H3;5-7H,1-4H2. The predicted molar refractivity (Wildman–Crippen MR) is 252 cm³/mol. The Morgan fingerprint density at radius 3 is 1.65 bits per heavy atom. The maximum atomic E-state index is 11.6. The Morgan fingerprint density at radius 2 is 1.16 bits per heavy atom. The van der Waals surface area contributed by atoms with Crippen molar-refractivity contribution in [3.05, 3.63) is 83.9 Å². The molecule has 2 N–H and O–H groups in total. The summed E-state index contributed by atoms with van der Waals surface area (Å²) in [4.78, 5) is 34.6. The SMILES string of the molecule is CC(C)(C)C1CCC(Oc2ccc3cc(C=O)ccc3c2)CC1.CC(C)(C)C1CCC(Oc2ccc3cc(CN4CCCCC4C(=O)O)ccc3c2)CC1.O=CC1CCCCN1. The van der Waals surface area contributed by atoms with Gasteiger partial charge < -0.3 is 24.7 Å². The molecule has 0 spiro atoms. The number of rotatable bonds is 9. The molecule has 62 heavy (non-hydrogen) atoms. The Kier molecular flexibility index (Phi) is 16.7. The molecule has 4 aromatic rings. The topological polar surface area (TPSA) is 105 Å². The summed E-state index contributed by atoms with van der Waals surface area (Å²) in [7, 11) is 0. The van der Waals surface area contributed by atoms with Crippen LogP contribution in [0.1, 0.15) is 147 Å². The Labute approximate surface area is 371 Å². The van der Waals surface area contributed by atoms with Crippen molar-refractivity contribution in [2.75, 3.05) is 13.1 Å². The highest BCUT2D eigenvalue weighted by atomic mass is 16.5. The highest BCUT2D eigenvalue weighted by Crippen LogP contribution is 2.40. The van der Waals surface area contributed by atoms with E-state index in [1.807, 2.05) is 30.3 Å². The monoisotopic (exact) mass is 847 g/mol. The third-order valence-electron chi connectivity index (χ3n) is 14.0. The fourth-order valence-electron chi connectivity index (χ4n) is 10.0. The van der Waals surface area contributed by atoms with Gasteiger partial charge in [-0.1, -0.05) is 90.8 Å². The smallest absolute Gasteiger partial charge is 0.320 e. The summed E-state index contributed by atoms with van der Waals surface area (Å²) in [6.45, 7) is 16.7. The first-order chi connectivity index (χ1) is 29.7. The third-order valence-corrected chi connectivity index (χ3v) is 14.0. The molecule has 2 unspecified atom stereocenters. The first-order valence-corrected chi connectivity index (χ1v) is 23.7. The molecule has 0 aromatic heterocycles. The molecular weight excluding hydrogens is 773 g/mol. The van der Waals surface area contributed by atoms with E-state index in [9.17, 15) is 19.5 Å². The fourth-order valence-corrected chi connectivity index (χ4v) is 10.0. The molecule has 4 fully saturated rings. The van der Waals surface area contributed by atoms with Crippen molar-refractivity contribution in [2.45, 2.75) is 162 Å². The van der Waals surface area contributed by atoms with Crippen LogP contribution in [0.15, 0.2) is 72.8 Å². The lowest BCUT2D eigenvalue weighted by molar-refractivity contribution is -0.144. The molecule has 336 valence electrons. The number of benzene rings is 4. The average Bonchev–Trinajstić information content (AvgIpc) is 3.27. The Hall–Kier alpha value is -4.27. The quantitative estimate of drug-likeness (QED) is 0.161. The lowest BCUT2D eigenvalue weighted by Gasteiger charge is -2.37. The van der Waals surface area contributed by atoms with Crippen molar-refractivity contribution in [1.29, 1.82) is 0 Å². The van der Waals surface area contributed by atoms with E-state index in [2.05, 4.69) is 94.2 Å². The summed E-state index contributed by atoms with van der Waals surface area (Å²) in [6.07, 6.45) is 18.4. The van der Waals surface area contributed by atoms with Crippen LogP contribution < -0.4 is 14.8 Å². The van der Waals surface area contributed by atoms with Crippen LogP contribution in [-0.2, 0) is 16.1 Å². The van der Waals surface area contributed by atoms with Crippen LogP contribution in [0, 0.1) is 22.7 Å². The average molecular weight is 847 g/mol. The number of hydrogen-bond donors (Lipinski definition) is 2. The second kappa shape index (κ2) is 21.9. The second-order valence-corrected chi connectivity index (χ2v) is 20.7. The number of piperidine rings is 2. The number of nitrogens with one attached hydrogen (secondary N) is 1. The molecule has 2 atom stereocenters. The van der Waals surface area contributed by atoms with E-state index >= 15 is 0 Å². The van der Waals surface area contributed by atoms with Gasteiger partial charge in [0.15, 0.2) is 0 Å². The normalized spacial score (nSPS) is 24.7. The number of carboxylic acids is 1. The van der Waals surface area contributed by atoms with Crippen LogP contribution in [0.3, 0.4) is 0 Å². The van der Waals surface area contributed by atoms with E-state index in [0.29, 0.717) is 35.1 Å². The van der Waals surface area contributed by atoms with Gasteiger partial charge in [0.1, 0.15) is 30.1 Å². The number of hydrogen-bond acceptors (Lipinski definition) is 7. The predicted octanol–water partition coefficient (Wildman–Crippen LogP) is 12.2. The number of carbonyl (C=O) groups excluding carboxylic acids is 2. The molecule has 4 aliphatic rings. The number of aliphatic carboxylic acids is 1. The summed E-state index contributed by atoms with van der Waals surface area (Å²) in [6, 6.07) is 24.6. The van der Waals surface area contributed by atoms with Crippen LogP contribution in [0.4, 0.5) is 0 Å².